The summed E-state index contributed by atoms with van der Waals surface area (Å²) >= 11 is 0. The minimum Gasteiger partial charge on any atom is -0.329 e. The van der Waals surface area contributed by atoms with Crippen molar-refractivity contribution < 1.29 is 0 Å². The lowest BCUT2D eigenvalue weighted by Gasteiger charge is -2.16. The van der Waals surface area contributed by atoms with E-state index in [4.69, 9.17) is 0 Å². The molecule has 0 amide bonds. The summed E-state index contributed by atoms with van der Waals surface area (Å²) in [6, 6.07) is 0. The molecular formula is C9H12N4. The minimum absolute atomic E-state index is 0.695. The molecule has 0 aromatic carbocycles. The van der Waals surface area contributed by atoms with Crippen LogP contribution in [-0.2, 0) is 6.54 Å². The molecule has 1 N–H and O–H groups in total. The lowest BCUT2D eigenvalue weighted by Crippen LogP contribution is -2.17. The van der Waals surface area contributed by atoms with E-state index in [-0.39, 0.29) is 0 Å². The summed E-state index contributed by atoms with van der Waals surface area (Å²) in [6.45, 7) is 6.53. The summed E-state index contributed by atoms with van der Waals surface area (Å²) in [6.07, 6.45) is 0. The molecule has 0 unspecified atom stereocenters. The molecule has 13 heavy (non-hydrogen) atoms. The normalized spacial score (nSPS) is 14.5. The first-order valence-corrected chi connectivity index (χ1v) is 4.29. The van der Waals surface area contributed by atoms with E-state index in [9.17, 15) is 0 Å². The van der Waals surface area contributed by atoms with Crippen LogP contribution >= 0.6 is 0 Å². The van der Waals surface area contributed by atoms with Crippen molar-refractivity contribution in [3.63, 3.8) is 0 Å². The number of aryl methyl sites for hydroxylation is 2. The van der Waals surface area contributed by atoms with Crippen molar-refractivity contribution in [2.75, 3.05) is 5.32 Å². The fourth-order valence-electron chi connectivity index (χ4n) is 1.44. The fraction of sp³-hybridized carbons (Fsp3) is 0.444. The first-order valence-electron chi connectivity index (χ1n) is 4.29. The molecule has 0 saturated carbocycles. The number of aliphatic imine (C=N–C) groups is 1. The van der Waals surface area contributed by atoms with E-state index in [1.165, 1.54) is 0 Å². The van der Waals surface area contributed by atoms with Crippen molar-refractivity contribution in [1.29, 1.82) is 0 Å². The Balaban J connectivity index is 2.52. The van der Waals surface area contributed by atoms with Crippen LogP contribution in [-0.4, -0.2) is 15.8 Å². The summed E-state index contributed by atoms with van der Waals surface area (Å²) in [5.41, 5.74) is 2.13. The molecule has 2 heterocycles. The van der Waals surface area contributed by atoms with E-state index in [1.807, 2.05) is 20.8 Å². The lowest BCUT2D eigenvalue weighted by atomic mass is 10.2. The largest absolute Gasteiger partial charge is 0.329 e. The molecule has 0 radical (unpaired) electrons. The number of amidine groups is 1. The van der Waals surface area contributed by atoms with Gasteiger partial charge >= 0.3 is 0 Å². The Bertz CT molecular complexity index is 381. The molecule has 2 rings (SSSR count). The van der Waals surface area contributed by atoms with Gasteiger partial charge < -0.3 is 5.32 Å². The van der Waals surface area contributed by atoms with Crippen LogP contribution in [0.25, 0.3) is 0 Å². The second-order valence-electron chi connectivity index (χ2n) is 3.21. The molecule has 4 nitrogen and oxygen atoms in total. The number of fused-ring (bicyclic) bond motifs is 1. The second kappa shape index (κ2) is 2.80. The highest BCUT2D eigenvalue weighted by Crippen LogP contribution is 2.20. The van der Waals surface area contributed by atoms with Crippen molar-refractivity contribution in [2.45, 2.75) is 27.3 Å². The zero-order valence-electron chi connectivity index (χ0n) is 8.05. The standard InChI is InChI=1S/C9H12N4/c1-5-8-4-10-6(2)12-9(8)13-7(3)11-5/h4H2,1-3H3,(H,10,11,12,13). The summed E-state index contributed by atoms with van der Waals surface area (Å²) in [4.78, 5) is 12.9. The van der Waals surface area contributed by atoms with Crippen molar-refractivity contribution in [2.24, 2.45) is 4.99 Å². The van der Waals surface area contributed by atoms with Gasteiger partial charge in [-0.25, -0.2) is 9.97 Å². The number of nitrogens with one attached hydrogen (secondary N) is 1. The highest BCUT2D eigenvalue weighted by atomic mass is 15.1. The molecule has 0 bridgehead atoms. The highest BCUT2D eigenvalue weighted by Gasteiger charge is 2.13. The molecule has 0 saturated heterocycles. The third-order valence-corrected chi connectivity index (χ3v) is 2.10. The predicted molar refractivity (Wildman–Crippen MR) is 51.9 cm³/mol. The minimum atomic E-state index is 0.695. The van der Waals surface area contributed by atoms with Crippen molar-refractivity contribution in [3.05, 3.63) is 17.1 Å². The Morgan fingerprint density at radius 1 is 1.15 bits per heavy atom. The van der Waals surface area contributed by atoms with Crippen molar-refractivity contribution >= 4 is 11.7 Å². The fourth-order valence-corrected chi connectivity index (χ4v) is 1.44. The van der Waals surface area contributed by atoms with Gasteiger partial charge in [-0.05, 0) is 20.8 Å². The average molecular weight is 176 g/mol. The maximum absolute atomic E-state index is 4.32. The summed E-state index contributed by atoms with van der Waals surface area (Å²) in [5, 5.41) is 3.14. The van der Waals surface area contributed by atoms with Gasteiger partial charge in [0.25, 0.3) is 0 Å². The highest BCUT2D eigenvalue weighted by molar-refractivity contribution is 5.94. The van der Waals surface area contributed by atoms with Crippen LogP contribution in [0.15, 0.2) is 4.99 Å². The number of hydrogen-bond donors (Lipinski definition) is 1. The molecule has 68 valence electrons. The van der Waals surface area contributed by atoms with Gasteiger partial charge in [0.2, 0.25) is 0 Å². The van der Waals surface area contributed by atoms with Gasteiger partial charge in [-0.2, -0.15) is 0 Å². The third kappa shape index (κ3) is 1.39. The van der Waals surface area contributed by atoms with Crippen LogP contribution in [0.4, 0.5) is 5.82 Å². The van der Waals surface area contributed by atoms with E-state index in [2.05, 4.69) is 20.3 Å². The van der Waals surface area contributed by atoms with Crippen molar-refractivity contribution in [3.8, 4) is 0 Å². The van der Waals surface area contributed by atoms with Crippen LogP contribution in [0, 0.1) is 13.8 Å². The Labute approximate surface area is 77.1 Å². The summed E-state index contributed by atoms with van der Waals surface area (Å²) in [5.74, 6) is 2.64. The number of nitrogens with zero attached hydrogens (tertiary/aromatic N) is 3. The molecular weight excluding hydrogens is 164 g/mol. The van der Waals surface area contributed by atoms with E-state index in [1.54, 1.807) is 0 Å². The molecule has 4 heteroatoms. The lowest BCUT2D eigenvalue weighted by molar-refractivity contribution is 0.922. The summed E-state index contributed by atoms with van der Waals surface area (Å²) in [7, 11) is 0. The number of anilines is 1. The smallest absolute Gasteiger partial charge is 0.140 e. The average Bonchev–Trinajstić information content (AvgIpc) is 2.02. The zero-order valence-corrected chi connectivity index (χ0v) is 8.05. The molecule has 1 aromatic heterocycles. The zero-order chi connectivity index (χ0) is 9.42. The molecule has 0 aliphatic carbocycles. The molecule has 0 atom stereocenters. The van der Waals surface area contributed by atoms with Crippen LogP contribution in [0.3, 0.4) is 0 Å². The van der Waals surface area contributed by atoms with Crippen LogP contribution in [0.1, 0.15) is 24.0 Å². The Morgan fingerprint density at radius 2 is 1.92 bits per heavy atom. The van der Waals surface area contributed by atoms with E-state index < -0.39 is 0 Å². The molecule has 1 aromatic rings. The predicted octanol–water partition coefficient (Wildman–Crippen LogP) is 1.44. The molecule has 1 aliphatic rings. The maximum atomic E-state index is 4.32. The first kappa shape index (κ1) is 8.16. The number of hydrogen-bond acceptors (Lipinski definition) is 4. The second-order valence-corrected chi connectivity index (χ2v) is 3.21. The number of aromatic nitrogens is 2. The first-order chi connectivity index (χ1) is 6.16. The Kier molecular flexibility index (Phi) is 1.76. The van der Waals surface area contributed by atoms with Crippen molar-refractivity contribution in [1.82, 2.24) is 9.97 Å². The Hall–Kier alpha value is -1.45. The van der Waals surface area contributed by atoms with Gasteiger partial charge in [-0.1, -0.05) is 0 Å². The van der Waals surface area contributed by atoms with E-state index in [0.29, 0.717) is 6.54 Å². The third-order valence-electron chi connectivity index (χ3n) is 2.10. The van der Waals surface area contributed by atoms with Crippen LogP contribution in [0.5, 0.6) is 0 Å². The topological polar surface area (TPSA) is 50.2 Å². The van der Waals surface area contributed by atoms with Crippen LogP contribution in [0.2, 0.25) is 0 Å². The SMILES string of the molecule is CC1=NCc2c(C)nc(C)nc2N1. The van der Waals surface area contributed by atoms with Gasteiger partial charge in [0.05, 0.1) is 12.4 Å². The Morgan fingerprint density at radius 3 is 2.69 bits per heavy atom. The van der Waals surface area contributed by atoms with Gasteiger partial charge in [0.15, 0.2) is 0 Å². The van der Waals surface area contributed by atoms with Gasteiger partial charge in [0.1, 0.15) is 11.6 Å². The molecule has 0 spiro atoms. The molecule has 1 aliphatic heterocycles. The summed E-state index contributed by atoms with van der Waals surface area (Å²) < 4.78 is 0. The monoisotopic (exact) mass is 176 g/mol. The molecule has 0 fully saturated rings. The quantitative estimate of drug-likeness (QED) is 0.650. The van der Waals surface area contributed by atoms with Gasteiger partial charge in [-0.3, -0.25) is 4.99 Å². The van der Waals surface area contributed by atoms with E-state index in [0.717, 1.165) is 28.7 Å². The van der Waals surface area contributed by atoms with Crippen LogP contribution < -0.4 is 5.32 Å². The number of rotatable bonds is 0. The van der Waals surface area contributed by atoms with Gasteiger partial charge in [0, 0.05) is 11.3 Å². The van der Waals surface area contributed by atoms with E-state index >= 15 is 0 Å². The maximum Gasteiger partial charge on any atom is 0.140 e. The van der Waals surface area contributed by atoms with Gasteiger partial charge in [-0.15, -0.1) is 0 Å².